The molecule has 100 valence electrons. The molecular formula is C13H18BrNO3. The van der Waals surface area contributed by atoms with E-state index in [-0.39, 0.29) is 5.91 Å². The Bertz CT molecular complexity index is 486. The summed E-state index contributed by atoms with van der Waals surface area (Å²) < 4.78 is 6.36. The third-order valence-corrected chi connectivity index (χ3v) is 4.37. The summed E-state index contributed by atoms with van der Waals surface area (Å²) in [6.07, 6.45) is 0. The van der Waals surface area contributed by atoms with Gasteiger partial charge in [-0.1, -0.05) is 15.9 Å². The minimum absolute atomic E-state index is 0.369. The van der Waals surface area contributed by atoms with E-state index in [1.165, 1.54) is 4.90 Å². The highest BCUT2D eigenvalue weighted by Gasteiger charge is 2.22. The van der Waals surface area contributed by atoms with Gasteiger partial charge in [0.15, 0.2) is 0 Å². The number of ether oxygens (including phenoxy) is 1. The summed E-state index contributed by atoms with van der Waals surface area (Å²) in [5.74, 6) is 0.295. The number of halogens is 1. The van der Waals surface area contributed by atoms with Gasteiger partial charge in [-0.05, 0) is 37.5 Å². The van der Waals surface area contributed by atoms with Crippen LogP contribution in [-0.4, -0.2) is 31.8 Å². The maximum Gasteiger partial charge on any atom is 0.252 e. The molecule has 0 bridgehead atoms. The van der Waals surface area contributed by atoms with Crippen LogP contribution in [0, 0.1) is 20.8 Å². The highest BCUT2D eigenvalue weighted by atomic mass is 79.9. The van der Waals surface area contributed by atoms with Gasteiger partial charge in [0.1, 0.15) is 12.4 Å². The van der Waals surface area contributed by atoms with Crippen molar-refractivity contribution in [2.45, 2.75) is 20.8 Å². The molecule has 5 heteroatoms. The lowest BCUT2D eigenvalue weighted by molar-refractivity contribution is -0.121. The first kappa shape index (κ1) is 15.0. The first-order chi connectivity index (χ1) is 8.36. The molecule has 0 spiro atoms. The molecule has 0 saturated carbocycles. The predicted octanol–water partition coefficient (Wildman–Crippen LogP) is 2.34. The second-order valence-corrected chi connectivity index (χ2v) is 4.97. The third-order valence-electron chi connectivity index (χ3n) is 3.18. The van der Waals surface area contributed by atoms with Crippen molar-refractivity contribution >= 4 is 27.5 Å². The molecule has 0 radical (unpaired) electrons. The Kier molecular flexibility index (Phi) is 4.76. The van der Waals surface area contributed by atoms with Crippen LogP contribution >= 0.6 is 15.9 Å². The number of methoxy groups -OCH3 is 1. The minimum Gasteiger partial charge on any atom is -0.494 e. The van der Waals surface area contributed by atoms with Gasteiger partial charge in [0, 0.05) is 11.5 Å². The quantitative estimate of drug-likeness (QED) is 0.931. The number of rotatable bonds is 3. The molecule has 1 N–H and O–H groups in total. The zero-order valence-corrected chi connectivity index (χ0v) is 12.9. The van der Waals surface area contributed by atoms with Gasteiger partial charge in [0.2, 0.25) is 0 Å². The van der Waals surface area contributed by atoms with Crippen LogP contribution in [0.4, 0.5) is 5.69 Å². The normalized spacial score (nSPS) is 10.4. The number of aliphatic hydroxyl groups excluding tert-OH is 1. The van der Waals surface area contributed by atoms with Crippen molar-refractivity contribution in [3.8, 4) is 5.75 Å². The fourth-order valence-corrected chi connectivity index (χ4v) is 2.44. The van der Waals surface area contributed by atoms with Crippen LogP contribution in [0.1, 0.15) is 16.7 Å². The Morgan fingerprint density at radius 3 is 2.28 bits per heavy atom. The Balaban J connectivity index is 3.56. The highest BCUT2D eigenvalue weighted by molar-refractivity contribution is 9.10. The Hall–Kier alpha value is -1.07. The molecule has 0 heterocycles. The van der Waals surface area contributed by atoms with E-state index in [9.17, 15) is 4.79 Å². The zero-order valence-electron chi connectivity index (χ0n) is 11.3. The molecule has 0 unspecified atom stereocenters. The second kappa shape index (κ2) is 5.71. The first-order valence-electron chi connectivity index (χ1n) is 5.57. The van der Waals surface area contributed by atoms with Crippen molar-refractivity contribution < 1.29 is 14.6 Å². The zero-order chi connectivity index (χ0) is 14.0. The minimum atomic E-state index is -0.524. The first-order valence-corrected chi connectivity index (χ1v) is 6.36. The van der Waals surface area contributed by atoms with Gasteiger partial charge in [-0.25, -0.2) is 0 Å². The van der Waals surface area contributed by atoms with Gasteiger partial charge in [0.25, 0.3) is 5.91 Å². The number of nitrogens with zero attached hydrogens (tertiary/aromatic N) is 1. The van der Waals surface area contributed by atoms with Gasteiger partial charge < -0.3 is 14.7 Å². The topological polar surface area (TPSA) is 49.8 Å². The lowest BCUT2D eigenvalue weighted by Crippen LogP contribution is -2.30. The van der Waals surface area contributed by atoms with Crippen LogP contribution in [0.2, 0.25) is 0 Å². The van der Waals surface area contributed by atoms with Gasteiger partial charge in [-0.3, -0.25) is 4.79 Å². The maximum absolute atomic E-state index is 11.6. The van der Waals surface area contributed by atoms with Crippen LogP contribution in [-0.2, 0) is 4.79 Å². The van der Waals surface area contributed by atoms with Crippen LogP contribution in [0.3, 0.4) is 0 Å². The van der Waals surface area contributed by atoms with Crippen LogP contribution in [0.25, 0.3) is 0 Å². The monoisotopic (exact) mass is 315 g/mol. The summed E-state index contributed by atoms with van der Waals surface area (Å²) in [5.41, 5.74) is 3.66. The molecular weight excluding hydrogens is 298 g/mol. The average molecular weight is 316 g/mol. The predicted molar refractivity (Wildman–Crippen MR) is 75.4 cm³/mol. The standard InChI is InChI=1S/C13H18BrNO3/c1-7-8(2)13(18-5)12(9(3)11(7)14)15(4)10(17)6-16/h16H,6H2,1-5H3. The molecule has 18 heavy (non-hydrogen) atoms. The van der Waals surface area contributed by atoms with E-state index in [0.717, 1.165) is 21.2 Å². The number of hydrogen-bond donors (Lipinski definition) is 1. The largest absolute Gasteiger partial charge is 0.494 e. The van der Waals surface area contributed by atoms with Gasteiger partial charge in [-0.15, -0.1) is 0 Å². The van der Waals surface area contributed by atoms with Crippen LogP contribution in [0.15, 0.2) is 4.47 Å². The molecule has 0 fully saturated rings. The van der Waals surface area contributed by atoms with Crippen molar-refractivity contribution in [2.24, 2.45) is 0 Å². The SMILES string of the molecule is COc1c(C)c(C)c(Br)c(C)c1N(C)C(=O)CO. The molecule has 0 atom stereocenters. The smallest absolute Gasteiger partial charge is 0.252 e. The summed E-state index contributed by atoms with van der Waals surface area (Å²) in [6, 6.07) is 0. The Labute approximate surface area is 116 Å². The molecule has 0 aliphatic heterocycles. The fourth-order valence-electron chi connectivity index (χ4n) is 1.95. The second-order valence-electron chi connectivity index (χ2n) is 4.18. The van der Waals surface area contributed by atoms with E-state index in [0.29, 0.717) is 11.4 Å². The highest BCUT2D eigenvalue weighted by Crippen LogP contribution is 2.41. The number of hydrogen-bond acceptors (Lipinski definition) is 3. The lowest BCUT2D eigenvalue weighted by Gasteiger charge is -2.25. The Morgan fingerprint density at radius 1 is 1.28 bits per heavy atom. The van der Waals surface area contributed by atoms with Gasteiger partial charge in [0.05, 0.1) is 12.8 Å². The van der Waals surface area contributed by atoms with E-state index in [1.54, 1.807) is 14.2 Å². The number of carbonyl (C=O) groups is 1. The summed E-state index contributed by atoms with van der Waals surface area (Å²) in [6.45, 7) is 5.32. The number of anilines is 1. The number of amides is 1. The molecule has 4 nitrogen and oxygen atoms in total. The number of likely N-dealkylation sites (N-methyl/N-ethyl adjacent to an activating group) is 1. The van der Waals surface area contributed by atoms with Crippen molar-refractivity contribution in [1.82, 2.24) is 0 Å². The summed E-state index contributed by atoms with van der Waals surface area (Å²) in [7, 11) is 3.21. The average Bonchev–Trinajstić information content (AvgIpc) is 2.38. The van der Waals surface area contributed by atoms with Crippen molar-refractivity contribution in [2.75, 3.05) is 25.7 Å². The third kappa shape index (κ3) is 2.37. The Morgan fingerprint density at radius 2 is 1.83 bits per heavy atom. The summed E-state index contributed by atoms with van der Waals surface area (Å²) in [4.78, 5) is 13.1. The molecule has 0 aliphatic carbocycles. The number of carbonyl (C=O) groups excluding carboxylic acids is 1. The summed E-state index contributed by atoms with van der Waals surface area (Å²) >= 11 is 3.53. The van der Waals surface area contributed by atoms with E-state index < -0.39 is 6.61 Å². The summed E-state index contributed by atoms with van der Waals surface area (Å²) in [5, 5.41) is 8.97. The van der Waals surface area contributed by atoms with E-state index in [1.807, 2.05) is 20.8 Å². The lowest BCUT2D eigenvalue weighted by atomic mass is 10.0. The molecule has 0 saturated heterocycles. The molecule has 0 aliphatic rings. The number of benzene rings is 1. The van der Waals surface area contributed by atoms with Crippen molar-refractivity contribution in [3.05, 3.63) is 21.2 Å². The molecule has 1 aromatic carbocycles. The fraction of sp³-hybridized carbons (Fsp3) is 0.462. The van der Waals surface area contributed by atoms with Crippen molar-refractivity contribution in [3.63, 3.8) is 0 Å². The maximum atomic E-state index is 11.6. The van der Waals surface area contributed by atoms with E-state index in [2.05, 4.69) is 15.9 Å². The number of aliphatic hydroxyl groups is 1. The van der Waals surface area contributed by atoms with Crippen LogP contribution in [0.5, 0.6) is 5.75 Å². The molecule has 1 rings (SSSR count). The van der Waals surface area contributed by atoms with Gasteiger partial charge in [-0.2, -0.15) is 0 Å². The van der Waals surface area contributed by atoms with E-state index in [4.69, 9.17) is 9.84 Å². The van der Waals surface area contributed by atoms with Gasteiger partial charge >= 0.3 is 0 Å². The molecule has 1 amide bonds. The molecule has 1 aromatic rings. The van der Waals surface area contributed by atoms with E-state index >= 15 is 0 Å². The molecule has 0 aromatic heterocycles. The van der Waals surface area contributed by atoms with Crippen LogP contribution < -0.4 is 9.64 Å². The van der Waals surface area contributed by atoms with Crippen molar-refractivity contribution in [1.29, 1.82) is 0 Å².